The third kappa shape index (κ3) is 2.54. The summed E-state index contributed by atoms with van der Waals surface area (Å²) in [7, 11) is 2.09. The third-order valence-electron chi connectivity index (χ3n) is 3.04. The van der Waals surface area contributed by atoms with Crippen LogP contribution in [0.15, 0.2) is 18.7 Å². The first-order valence-corrected chi connectivity index (χ1v) is 5.99. The molecule has 2 rings (SSSR count). The molecular weight excluding hydrogens is 214 g/mol. The number of aromatic nitrogens is 5. The molecule has 0 amide bonds. The maximum atomic E-state index is 4.12. The first-order chi connectivity index (χ1) is 8.08. The van der Waals surface area contributed by atoms with Crippen LogP contribution in [0.25, 0.3) is 0 Å². The zero-order valence-corrected chi connectivity index (χ0v) is 10.9. The Bertz CT molecular complexity index is 469. The molecule has 0 bridgehead atoms. The van der Waals surface area contributed by atoms with Crippen molar-refractivity contribution >= 4 is 0 Å². The lowest BCUT2D eigenvalue weighted by atomic mass is 10.1. The minimum atomic E-state index is 0.362. The van der Waals surface area contributed by atoms with Gasteiger partial charge in [-0.2, -0.15) is 15.4 Å². The van der Waals surface area contributed by atoms with E-state index in [-0.39, 0.29) is 0 Å². The van der Waals surface area contributed by atoms with Crippen molar-refractivity contribution < 1.29 is 4.57 Å². The Morgan fingerprint density at radius 1 is 1.41 bits per heavy atom. The van der Waals surface area contributed by atoms with E-state index in [1.807, 2.05) is 0 Å². The average Bonchev–Trinajstić information content (AvgIpc) is 2.86. The smallest absolute Gasteiger partial charge is 0.237 e. The predicted molar refractivity (Wildman–Crippen MR) is 64.5 cm³/mol. The zero-order chi connectivity index (χ0) is 12.4. The van der Waals surface area contributed by atoms with E-state index in [1.165, 1.54) is 5.69 Å². The van der Waals surface area contributed by atoms with Crippen molar-refractivity contribution in [1.29, 1.82) is 0 Å². The number of nitrogens with one attached hydrogen (secondary N) is 1. The highest BCUT2D eigenvalue weighted by Crippen LogP contribution is 2.13. The van der Waals surface area contributed by atoms with Gasteiger partial charge in [-0.15, -0.1) is 0 Å². The number of hydrogen-bond acceptors (Lipinski definition) is 2. The summed E-state index contributed by atoms with van der Waals surface area (Å²) in [5, 5.41) is 10.6. The van der Waals surface area contributed by atoms with Crippen molar-refractivity contribution in [1.82, 2.24) is 20.0 Å². The Labute approximate surface area is 101 Å². The van der Waals surface area contributed by atoms with E-state index in [9.17, 15) is 0 Å². The van der Waals surface area contributed by atoms with Crippen molar-refractivity contribution in [3.8, 4) is 0 Å². The summed E-state index contributed by atoms with van der Waals surface area (Å²) in [6.45, 7) is 7.50. The van der Waals surface area contributed by atoms with Crippen LogP contribution in [0.2, 0.25) is 0 Å². The van der Waals surface area contributed by atoms with Crippen LogP contribution < -0.4 is 4.57 Å². The molecule has 1 unspecified atom stereocenters. The van der Waals surface area contributed by atoms with Crippen molar-refractivity contribution in [2.75, 3.05) is 0 Å². The lowest BCUT2D eigenvalue weighted by Crippen LogP contribution is -2.34. The summed E-state index contributed by atoms with van der Waals surface area (Å²) in [5.74, 6) is 0.907. The molecule has 0 aliphatic heterocycles. The lowest BCUT2D eigenvalue weighted by molar-refractivity contribution is -0.699. The Hall–Kier alpha value is -1.65. The van der Waals surface area contributed by atoms with Gasteiger partial charge in [0.2, 0.25) is 6.33 Å². The van der Waals surface area contributed by atoms with Gasteiger partial charge in [0.05, 0.1) is 25.5 Å². The maximum absolute atomic E-state index is 4.12. The highest BCUT2D eigenvalue weighted by atomic mass is 15.3. The minimum Gasteiger partial charge on any atom is -0.237 e. The van der Waals surface area contributed by atoms with E-state index in [1.54, 1.807) is 6.20 Å². The largest absolute Gasteiger partial charge is 0.243 e. The van der Waals surface area contributed by atoms with Gasteiger partial charge in [-0.3, -0.25) is 0 Å². The molecule has 0 saturated carbocycles. The summed E-state index contributed by atoms with van der Waals surface area (Å²) < 4.78 is 4.40. The molecule has 17 heavy (non-hydrogen) atoms. The van der Waals surface area contributed by atoms with Crippen LogP contribution in [0.5, 0.6) is 0 Å². The quantitative estimate of drug-likeness (QED) is 0.812. The van der Waals surface area contributed by atoms with Crippen molar-refractivity contribution in [3.05, 3.63) is 30.1 Å². The molecule has 5 nitrogen and oxygen atoms in total. The van der Waals surface area contributed by atoms with E-state index in [0.29, 0.717) is 11.8 Å². The van der Waals surface area contributed by atoms with Crippen molar-refractivity contribution in [3.63, 3.8) is 0 Å². The van der Waals surface area contributed by atoms with E-state index in [2.05, 4.69) is 64.9 Å². The second-order valence-electron chi connectivity index (χ2n) is 4.93. The number of aryl methyl sites for hydroxylation is 1. The molecule has 0 aromatic carbocycles. The Morgan fingerprint density at radius 3 is 2.71 bits per heavy atom. The monoisotopic (exact) mass is 234 g/mol. The standard InChI is InChI=1S/C12H20N5/c1-9(2)12-7-17(8-16(12)4)6-10(3)11-5-13-15-14-11/h5,7-10H,6H2,1-4H3,(H,13,14,15)/q+1. The molecule has 2 heterocycles. The van der Waals surface area contributed by atoms with Crippen molar-refractivity contribution in [2.24, 2.45) is 7.05 Å². The first-order valence-electron chi connectivity index (χ1n) is 5.99. The molecule has 92 valence electrons. The number of hydrogen-bond donors (Lipinski definition) is 1. The normalized spacial score (nSPS) is 13.2. The summed E-state index contributed by atoms with van der Waals surface area (Å²) in [5.41, 5.74) is 2.35. The Balaban J connectivity index is 2.11. The van der Waals surface area contributed by atoms with Crippen LogP contribution in [0.4, 0.5) is 0 Å². The highest BCUT2D eigenvalue weighted by Gasteiger charge is 2.17. The van der Waals surface area contributed by atoms with E-state index >= 15 is 0 Å². The molecule has 0 saturated heterocycles. The van der Waals surface area contributed by atoms with Gasteiger partial charge in [0, 0.05) is 11.8 Å². The van der Waals surface area contributed by atoms with Crippen LogP contribution >= 0.6 is 0 Å². The fraction of sp³-hybridized carbons (Fsp3) is 0.583. The average molecular weight is 234 g/mol. The number of aromatic amines is 1. The van der Waals surface area contributed by atoms with Crippen LogP contribution in [0, 0.1) is 0 Å². The van der Waals surface area contributed by atoms with Crippen LogP contribution in [0.3, 0.4) is 0 Å². The summed E-state index contributed by atoms with van der Waals surface area (Å²) in [4.78, 5) is 0. The van der Waals surface area contributed by atoms with Crippen LogP contribution in [-0.2, 0) is 13.6 Å². The maximum Gasteiger partial charge on any atom is 0.243 e. The number of imidazole rings is 1. The molecule has 0 aliphatic carbocycles. The van der Waals surface area contributed by atoms with Gasteiger partial charge in [-0.05, 0) is 0 Å². The van der Waals surface area contributed by atoms with E-state index in [0.717, 1.165) is 12.2 Å². The molecule has 0 fully saturated rings. The molecule has 0 aliphatic rings. The Kier molecular flexibility index (Phi) is 3.26. The molecule has 0 radical (unpaired) electrons. The van der Waals surface area contributed by atoms with Gasteiger partial charge >= 0.3 is 0 Å². The highest BCUT2D eigenvalue weighted by molar-refractivity contribution is 5.00. The van der Waals surface area contributed by atoms with Gasteiger partial charge in [0.15, 0.2) is 0 Å². The molecule has 1 atom stereocenters. The molecule has 1 N–H and O–H groups in total. The Morgan fingerprint density at radius 2 is 2.18 bits per heavy atom. The van der Waals surface area contributed by atoms with E-state index < -0.39 is 0 Å². The molecular formula is C12H20N5+. The lowest BCUT2D eigenvalue weighted by Gasteiger charge is -2.03. The SMILES string of the molecule is CC(C)c1c[n+](CC(C)c2cn[nH]n2)cn1C. The van der Waals surface area contributed by atoms with Gasteiger partial charge in [-0.25, -0.2) is 9.13 Å². The summed E-state index contributed by atoms with van der Waals surface area (Å²) in [6, 6.07) is 0. The number of nitrogens with zero attached hydrogens (tertiary/aromatic N) is 4. The number of rotatable bonds is 4. The molecule has 2 aromatic rings. The fourth-order valence-electron chi connectivity index (χ4n) is 2.10. The van der Waals surface area contributed by atoms with E-state index in [4.69, 9.17) is 0 Å². The minimum absolute atomic E-state index is 0.362. The first kappa shape index (κ1) is 11.8. The summed E-state index contributed by atoms with van der Waals surface area (Å²) >= 11 is 0. The molecule has 0 spiro atoms. The van der Waals surface area contributed by atoms with Crippen LogP contribution in [0.1, 0.15) is 44.0 Å². The number of H-pyrrole nitrogens is 1. The van der Waals surface area contributed by atoms with Gasteiger partial charge < -0.3 is 0 Å². The molecule has 2 aromatic heterocycles. The van der Waals surface area contributed by atoms with Crippen LogP contribution in [-0.4, -0.2) is 20.0 Å². The summed E-state index contributed by atoms with van der Waals surface area (Å²) in [6.07, 6.45) is 6.13. The fourth-order valence-corrected chi connectivity index (χ4v) is 2.10. The van der Waals surface area contributed by atoms with Gasteiger partial charge in [-0.1, -0.05) is 20.8 Å². The third-order valence-corrected chi connectivity index (χ3v) is 3.04. The predicted octanol–water partition coefficient (Wildman–Crippen LogP) is 1.36. The zero-order valence-electron chi connectivity index (χ0n) is 10.9. The second kappa shape index (κ2) is 4.69. The topological polar surface area (TPSA) is 50.4 Å². The second-order valence-corrected chi connectivity index (χ2v) is 4.93. The molecule has 5 heteroatoms. The van der Waals surface area contributed by atoms with Gasteiger partial charge in [0.25, 0.3) is 0 Å². The van der Waals surface area contributed by atoms with Gasteiger partial charge in [0.1, 0.15) is 11.9 Å². The van der Waals surface area contributed by atoms with Crippen molar-refractivity contribution in [2.45, 2.75) is 39.2 Å².